The minimum Gasteiger partial charge on any atom is -0.367 e. The second kappa shape index (κ2) is 3.36. The highest BCUT2D eigenvalue weighted by Crippen LogP contribution is 2.35. The standard InChI is InChI=1S/C8H9NS3/c1-2-6-3-5-4-9-8(10)12-7(5)11-6/h3H,2,4H2,1H3,(H,9,10). The van der Waals surface area contributed by atoms with Crippen molar-refractivity contribution in [2.45, 2.75) is 24.1 Å². The Labute approximate surface area is 85.6 Å². The van der Waals surface area contributed by atoms with Crippen molar-refractivity contribution in [2.24, 2.45) is 0 Å². The number of fused-ring (bicyclic) bond motifs is 1. The molecule has 2 rings (SSSR count). The van der Waals surface area contributed by atoms with Crippen molar-refractivity contribution < 1.29 is 0 Å². The van der Waals surface area contributed by atoms with E-state index in [9.17, 15) is 0 Å². The number of hydrogen-bond acceptors (Lipinski definition) is 3. The van der Waals surface area contributed by atoms with Crippen molar-refractivity contribution in [1.82, 2.24) is 5.32 Å². The van der Waals surface area contributed by atoms with Crippen LogP contribution >= 0.6 is 35.3 Å². The second-order valence-corrected chi connectivity index (χ2v) is 5.70. The number of thiophene rings is 1. The number of thioether (sulfide) groups is 1. The molecule has 0 saturated carbocycles. The van der Waals surface area contributed by atoms with Crippen LogP contribution in [-0.2, 0) is 13.0 Å². The maximum absolute atomic E-state index is 5.09. The molecule has 1 aliphatic heterocycles. The lowest BCUT2D eigenvalue weighted by molar-refractivity contribution is 0.917. The molecule has 0 fully saturated rings. The van der Waals surface area contributed by atoms with E-state index < -0.39 is 0 Å². The number of aryl methyl sites for hydroxylation is 1. The predicted octanol–water partition coefficient (Wildman–Crippen LogP) is 2.79. The first kappa shape index (κ1) is 8.53. The zero-order valence-corrected chi connectivity index (χ0v) is 9.17. The summed E-state index contributed by atoms with van der Waals surface area (Å²) in [6.45, 7) is 3.10. The molecule has 0 atom stereocenters. The van der Waals surface area contributed by atoms with Crippen LogP contribution in [0.25, 0.3) is 0 Å². The molecular weight excluding hydrogens is 206 g/mol. The van der Waals surface area contributed by atoms with Crippen molar-refractivity contribution in [3.05, 3.63) is 16.5 Å². The van der Waals surface area contributed by atoms with E-state index in [1.807, 2.05) is 11.3 Å². The summed E-state index contributed by atoms with van der Waals surface area (Å²) < 4.78 is 2.29. The van der Waals surface area contributed by atoms with Crippen molar-refractivity contribution >= 4 is 39.6 Å². The van der Waals surface area contributed by atoms with Gasteiger partial charge in [0.05, 0.1) is 4.21 Å². The minimum atomic E-state index is 0.909. The van der Waals surface area contributed by atoms with Crippen LogP contribution in [0, 0.1) is 0 Å². The predicted molar refractivity (Wildman–Crippen MR) is 59.0 cm³/mol. The summed E-state index contributed by atoms with van der Waals surface area (Å²) in [7, 11) is 0. The summed E-state index contributed by atoms with van der Waals surface area (Å²) in [5, 5.41) is 3.18. The number of hydrogen-bond donors (Lipinski definition) is 1. The van der Waals surface area contributed by atoms with Crippen LogP contribution in [0.5, 0.6) is 0 Å². The first-order valence-corrected chi connectivity index (χ1v) is 5.91. The van der Waals surface area contributed by atoms with E-state index >= 15 is 0 Å². The van der Waals surface area contributed by atoms with Crippen molar-refractivity contribution in [1.29, 1.82) is 0 Å². The Morgan fingerprint density at radius 3 is 3.25 bits per heavy atom. The third-order valence-corrected chi connectivity index (χ3v) is 4.57. The zero-order chi connectivity index (χ0) is 8.55. The van der Waals surface area contributed by atoms with Gasteiger partial charge in [0.15, 0.2) is 0 Å². The van der Waals surface area contributed by atoms with Crippen LogP contribution < -0.4 is 5.32 Å². The van der Waals surface area contributed by atoms with Crippen LogP contribution in [0.15, 0.2) is 10.3 Å². The molecule has 0 saturated heterocycles. The van der Waals surface area contributed by atoms with Gasteiger partial charge in [0.2, 0.25) is 0 Å². The Morgan fingerprint density at radius 2 is 2.50 bits per heavy atom. The molecule has 0 amide bonds. The molecule has 0 radical (unpaired) electrons. The van der Waals surface area contributed by atoms with Gasteiger partial charge in [0.1, 0.15) is 4.32 Å². The Bertz CT molecular complexity index is 316. The maximum atomic E-state index is 5.09. The molecule has 1 nitrogen and oxygen atoms in total. The van der Waals surface area contributed by atoms with E-state index in [0.29, 0.717) is 0 Å². The normalized spacial score (nSPS) is 15.6. The highest BCUT2D eigenvalue weighted by atomic mass is 32.2. The Hall–Kier alpha value is -0.0600. The van der Waals surface area contributed by atoms with Gasteiger partial charge in [-0.25, -0.2) is 0 Å². The molecule has 0 spiro atoms. The first-order valence-electron chi connectivity index (χ1n) is 3.87. The molecule has 64 valence electrons. The van der Waals surface area contributed by atoms with E-state index in [-0.39, 0.29) is 0 Å². The van der Waals surface area contributed by atoms with Gasteiger partial charge in [-0.15, -0.1) is 11.3 Å². The van der Waals surface area contributed by atoms with Gasteiger partial charge in [-0.1, -0.05) is 19.1 Å². The fraction of sp³-hybridized carbons (Fsp3) is 0.375. The maximum Gasteiger partial charge on any atom is 0.139 e. The molecule has 2 heterocycles. The van der Waals surface area contributed by atoms with E-state index in [0.717, 1.165) is 17.3 Å². The fourth-order valence-corrected chi connectivity index (χ4v) is 3.78. The number of nitrogens with one attached hydrogen (secondary N) is 1. The lowest BCUT2D eigenvalue weighted by atomic mass is 10.3. The van der Waals surface area contributed by atoms with Gasteiger partial charge in [0, 0.05) is 11.4 Å². The third-order valence-electron chi connectivity index (χ3n) is 1.78. The first-order chi connectivity index (χ1) is 5.79. The smallest absolute Gasteiger partial charge is 0.139 e. The highest BCUT2D eigenvalue weighted by Gasteiger charge is 2.15. The van der Waals surface area contributed by atoms with Gasteiger partial charge >= 0.3 is 0 Å². The van der Waals surface area contributed by atoms with E-state index in [1.165, 1.54) is 14.6 Å². The van der Waals surface area contributed by atoms with Gasteiger partial charge in [-0.3, -0.25) is 0 Å². The fourth-order valence-electron chi connectivity index (χ4n) is 1.14. The Kier molecular flexibility index (Phi) is 2.39. The molecule has 0 unspecified atom stereocenters. The summed E-state index contributed by atoms with van der Waals surface area (Å²) in [5.74, 6) is 0. The second-order valence-electron chi connectivity index (χ2n) is 2.62. The van der Waals surface area contributed by atoms with Crippen molar-refractivity contribution in [3.63, 3.8) is 0 Å². The van der Waals surface area contributed by atoms with Crippen LogP contribution in [0.4, 0.5) is 0 Å². The topological polar surface area (TPSA) is 12.0 Å². The molecule has 4 heteroatoms. The van der Waals surface area contributed by atoms with Gasteiger partial charge in [0.25, 0.3) is 0 Å². The Balaban J connectivity index is 2.34. The average molecular weight is 215 g/mol. The number of thiocarbonyl (C=S) groups is 1. The van der Waals surface area contributed by atoms with Gasteiger partial charge in [-0.05, 0) is 29.8 Å². The van der Waals surface area contributed by atoms with Crippen LogP contribution in [-0.4, -0.2) is 4.32 Å². The molecule has 0 aliphatic carbocycles. The highest BCUT2D eigenvalue weighted by molar-refractivity contribution is 8.24. The van der Waals surface area contributed by atoms with Gasteiger partial charge < -0.3 is 5.32 Å². The molecule has 12 heavy (non-hydrogen) atoms. The van der Waals surface area contributed by atoms with E-state index in [4.69, 9.17) is 12.2 Å². The molecule has 0 aromatic carbocycles. The van der Waals surface area contributed by atoms with E-state index in [2.05, 4.69) is 18.3 Å². The summed E-state index contributed by atoms with van der Waals surface area (Å²) in [6.07, 6.45) is 1.13. The lowest BCUT2D eigenvalue weighted by Gasteiger charge is -2.12. The van der Waals surface area contributed by atoms with Crippen LogP contribution in [0.1, 0.15) is 17.4 Å². The summed E-state index contributed by atoms with van der Waals surface area (Å²) in [6, 6.07) is 2.28. The summed E-state index contributed by atoms with van der Waals surface area (Å²) in [5.41, 5.74) is 1.41. The molecule has 0 bridgehead atoms. The average Bonchev–Trinajstić information content (AvgIpc) is 2.46. The van der Waals surface area contributed by atoms with Gasteiger partial charge in [-0.2, -0.15) is 0 Å². The van der Waals surface area contributed by atoms with Crippen LogP contribution in [0.3, 0.4) is 0 Å². The SMILES string of the molecule is CCc1cc2c(s1)SC(=S)NC2. The summed E-state index contributed by atoms with van der Waals surface area (Å²) >= 11 is 8.65. The molecule has 1 N–H and O–H groups in total. The van der Waals surface area contributed by atoms with Crippen molar-refractivity contribution in [3.8, 4) is 0 Å². The summed E-state index contributed by atoms with van der Waals surface area (Å²) in [4.78, 5) is 1.46. The molecule has 1 aromatic rings. The molecular formula is C8H9NS3. The quantitative estimate of drug-likeness (QED) is 0.724. The lowest BCUT2D eigenvalue weighted by Crippen LogP contribution is -2.20. The number of rotatable bonds is 1. The monoisotopic (exact) mass is 215 g/mol. The minimum absolute atomic E-state index is 0.909. The molecule has 1 aliphatic rings. The van der Waals surface area contributed by atoms with Crippen LogP contribution in [0.2, 0.25) is 0 Å². The zero-order valence-electron chi connectivity index (χ0n) is 6.72. The van der Waals surface area contributed by atoms with E-state index in [1.54, 1.807) is 11.8 Å². The largest absolute Gasteiger partial charge is 0.367 e. The Morgan fingerprint density at radius 1 is 1.67 bits per heavy atom. The third kappa shape index (κ3) is 1.51. The molecule has 1 aromatic heterocycles. The van der Waals surface area contributed by atoms with Crippen molar-refractivity contribution in [2.75, 3.05) is 0 Å².